The average molecular weight is 315 g/mol. The van der Waals surface area contributed by atoms with Crippen molar-refractivity contribution in [3.05, 3.63) is 56.0 Å². The van der Waals surface area contributed by atoms with E-state index >= 15 is 0 Å². The Balaban J connectivity index is 2.01. The molecule has 3 N–H and O–H groups in total. The number of nitro benzene ring substituents is 1. The Bertz CT molecular complexity index is 906. The number of aromatic nitrogens is 2. The second-order valence-electron chi connectivity index (χ2n) is 4.44. The molecule has 3 rings (SSSR count). The molecule has 110 valence electrons. The minimum absolute atomic E-state index is 0.0321. The average Bonchev–Trinajstić information content (AvgIpc) is 3.06. The van der Waals surface area contributed by atoms with E-state index in [2.05, 4.69) is 20.2 Å². The molecule has 0 fully saturated rings. The van der Waals surface area contributed by atoms with E-state index in [1.807, 2.05) is 0 Å². The summed E-state index contributed by atoms with van der Waals surface area (Å²) in [7, 11) is 0. The Morgan fingerprint density at radius 2 is 2.18 bits per heavy atom. The van der Waals surface area contributed by atoms with Gasteiger partial charge in [0, 0.05) is 23.3 Å². The van der Waals surface area contributed by atoms with Gasteiger partial charge in [0.25, 0.3) is 5.69 Å². The summed E-state index contributed by atoms with van der Waals surface area (Å²) in [6.45, 7) is 0. The molecule has 0 amide bonds. The third-order valence-corrected chi connectivity index (χ3v) is 3.20. The van der Waals surface area contributed by atoms with Crippen LogP contribution in [-0.2, 0) is 0 Å². The van der Waals surface area contributed by atoms with E-state index in [9.17, 15) is 15.2 Å². The largest absolute Gasteiger partial charge is 0.493 e. The van der Waals surface area contributed by atoms with E-state index in [1.54, 1.807) is 18.2 Å². The standard InChI is InChI=1S/C13H9N5O3S/c19-12-10(15-13(22)16-12)5-8-6-14-17-11(8)7-2-1-3-9(4-7)18(20)21/h1-6,19H,(H2,15,16,22)/b8-5-. The van der Waals surface area contributed by atoms with Gasteiger partial charge in [0.1, 0.15) is 11.4 Å². The van der Waals surface area contributed by atoms with Crippen molar-refractivity contribution in [3.63, 3.8) is 0 Å². The van der Waals surface area contributed by atoms with E-state index in [4.69, 9.17) is 12.2 Å². The molecule has 1 aliphatic heterocycles. The van der Waals surface area contributed by atoms with Crippen molar-refractivity contribution >= 4 is 35.9 Å². The van der Waals surface area contributed by atoms with Crippen LogP contribution in [0, 0.1) is 14.9 Å². The smallest absolute Gasteiger partial charge is 0.270 e. The van der Waals surface area contributed by atoms with Crippen LogP contribution in [0.4, 0.5) is 5.69 Å². The lowest BCUT2D eigenvalue weighted by molar-refractivity contribution is -0.384. The summed E-state index contributed by atoms with van der Waals surface area (Å²) in [6.07, 6.45) is 3.10. The fraction of sp³-hybridized carbons (Fsp3) is 0. The van der Waals surface area contributed by atoms with Gasteiger partial charge in [-0.2, -0.15) is 5.10 Å². The minimum atomic E-state index is -0.474. The molecule has 2 aromatic rings. The molecule has 0 unspecified atom stereocenters. The fourth-order valence-electron chi connectivity index (χ4n) is 2.01. The molecule has 1 aliphatic rings. The highest BCUT2D eigenvalue weighted by atomic mass is 32.1. The van der Waals surface area contributed by atoms with Crippen molar-refractivity contribution in [1.29, 1.82) is 0 Å². The predicted octanol–water partition coefficient (Wildman–Crippen LogP) is 2.56. The van der Waals surface area contributed by atoms with E-state index in [1.165, 1.54) is 18.3 Å². The first-order chi connectivity index (χ1) is 10.5. The molecule has 0 spiro atoms. The van der Waals surface area contributed by atoms with Crippen molar-refractivity contribution in [3.8, 4) is 5.88 Å². The van der Waals surface area contributed by atoms with Crippen LogP contribution in [-0.4, -0.2) is 31.9 Å². The maximum atomic E-state index is 10.9. The Kier molecular flexibility index (Phi) is 3.39. The van der Waals surface area contributed by atoms with E-state index in [0.29, 0.717) is 22.5 Å². The lowest BCUT2D eigenvalue weighted by Crippen LogP contribution is -2.03. The number of allylic oxidation sites excluding steroid dienone is 1. The number of non-ortho nitro benzene ring substituents is 1. The van der Waals surface area contributed by atoms with Gasteiger partial charge in [-0.05, 0) is 18.3 Å². The Morgan fingerprint density at radius 3 is 2.86 bits per heavy atom. The first kappa shape index (κ1) is 13.9. The van der Waals surface area contributed by atoms with Crippen LogP contribution in [0.5, 0.6) is 5.88 Å². The van der Waals surface area contributed by atoms with Crippen LogP contribution in [0.15, 0.2) is 40.0 Å². The van der Waals surface area contributed by atoms with Crippen molar-refractivity contribution < 1.29 is 10.0 Å². The maximum Gasteiger partial charge on any atom is 0.270 e. The second kappa shape index (κ2) is 5.37. The summed E-state index contributed by atoms with van der Waals surface area (Å²) in [4.78, 5) is 15.7. The number of aromatic amines is 2. The van der Waals surface area contributed by atoms with Crippen LogP contribution >= 0.6 is 12.2 Å². The molecule has 0 bridgehead atoms. The molecule has 0 radical (unpaired) electrons. The lowest BCUT2D eigenvalue weighted by atomic mass is 10.0. The summed E-state index contributed by atoms with van der Waals surface area (Å²) >= 11 is 4.89. The number of aromatic hydroxyl groups is 1. The third kappa shape index (κ3) is 2.56. The number of nitrogens with one attached hydrogen (secondary N) is 2. The van der Waals surface area contributed by atoms with Gasteiger partial charge >= 0.3 is 0 Å². The lowest BCUT2D eigenvalue weighted by Gasteiger charge is -2.02. The predicted molar refractivity (Wildman–Crippen MR) is 83.7 cm³/mol. The topological polar surface area (TPSA) is 120 Å². The molecule has 9 heteroatoms. The zero-order valence-corrected chi connectivity index (χ0v) is 11.8. The van der Waals surface area contributed by atoms with Crippen molar-refractivity contribution in [2.24, 2.45) is 10.2 Å². The van der Waals surface area contributed by atoms with Crippen LogP contribution in [0.2, 0.25) is 0 Å². The highest BCUT2D eigenvalue weighted by molar-refractivity contribution is 7.71. The molecule has 1 aromatic heterocycles. The highest BCUT2D eigenvalue weighted by Crippen LogP contribution is 2.22. The van der Waals surface area contributed by atoms with E-state index in [0.717, 1.165) is 0 Å². The number of H-pyrrole nitrogens is 2. The molecule has 0 saturated carbocycles. The van der Waals surface area contributed by atoms with Gasteiger partial charge in [-0.15, -0.1) is 5.10 Å². The summed E-state index contributed by atoms with van der Waals surface area (Å²) in [5.74, 6) is -0.101. The number of rotatable bonds is 3. The van der Waals surface area contributed by atoms with Crippen molar-refractivity contribution in [2.75, 3.05) is 0 Å². The summed E-state index contributed by atoms with van der Waals surface area (Å²) in [6, 6.07) is 6.10. The normalized spacial score (nSPS) is 15.3. The summed E-state index contributed by atoms with van der Waals surface area (Å²) in [5.41, 5.74) is 1.98. The van der Waals surface area contributed by atoms with Gasteiger partial charge < -0.3 is 15.1 Å². The van der Waals surface area contributed by atoms with Crippen LogP contribution in [0.25, 0.3) is 6.08 Å². The minimum Gasteiger partial charge on any atom is -0.493 e. The number of nitrogens with zero attached hydrogens (tertiary/aromatic N) is 3. The molecular formula is C13H9N5O3S. The Labute approximate surface area is 128 Å². The zero-order valence-electron chi connectivity index (χ0n) is 11.0. The quantitative estimate of drug-likeness (QED) is 0.458. The van der Waals surface area contributed by atoms with Crippen LogP contribution < -0.4 is 0 Å². The number of imidazole rings is 1. The SMILES string of the molecule is O=[N+]([O-])c1cccc(C2=NN=C/C2=C/c2[nH]c(=S)[nH]c2O)c1. The fourth-order valence-corrected chi connectivity index (χ4v) is 2.22. The molecule has 8 nitrogen and oxygen atoms in total. The number of hydrogen-bond donors (Lipinski definition) is 3. The summed E-state index contributed by atoms with van der Waals surface area (Å²) < 4.78 is 0.285. The molecule has 22 heavy (non-hydrogen) atoms. The van der Waals surface area contributed by atoms with Gasteiger partial charge in [0.05, 0.1) is 11.1 Å². The zero-order chi connectivity index (χ0) is 15.7. The van der Waals surface area contributed by atoms with Gasteiger partial charge in [-0.25, -0.2) is 0 Å². The van der Waals surface area contributed by atoms with Crippen LogP contribution in [0.3, 0.4) is 0 Å². The van der Waals surface area contributed by atoms with Gasteiger partial charge in [0.15, 0.2) is 4.77 Å². The van der Waals surface area contributed by atoms with Gasteiger partial charge in [-0.1, -0.05) is 12.1 Å². The number of benzene rings is 1. The Morgan fingerprint density at radius 1 is 1.36 bits per heavy atom. The van der Waals surface area contributed by atoms with E-state index in [-0.39, 0.29) is 16.3 Å². The molecule has 2 heterocycles. The molecule has 0 saturated heterocycles. The van der Waals surface area contributed by atoms with Gasteiger partial charge in [-0.3, -0.25) is 10.1 Å². The van der Waals surface area contributed by atoms with Crippen molar-refractivity contribution in [2.45, 2.75) is 0 Å². The maximum absolute atomic E-state index is 10.9. The van der Waals surface area contributed by atoms with Gasteiger partial charge in [0.2, 0.25) is 5.88 Å². The third-order valence-electron chi connectivity index (χ3n) is 2.99. The first-order valence-corrected chi connectivity index (χ1v) is 6.54. The van der Waals surface area contributed by atoms with Crippen molar-refractivity contribution in [1.82, 2.24) is 9.97 Å². The molecule has 1 aromatic carbocycles. The highest BCUT2D eigenvalue weighted by Gasteiger charge is 2.17. The first-order valence-electron chi connectivity index (χ1n) is 6.14. The molecule has 0 aliphatic carbocycles. The number of nitro groups is 1. The van der Waals surface area contributed by atoms with Crippen LogP contribution in [0.1, 0.15) is 11.3 Å². The van der Waals surface area contributed by atoms with E-state index < -0.39 is 4.92 Å². The second-order valence-corrected chi connectivity index (χ2v) is 4.85. The molecular weight excluding hydrogens is 306 g/mol. The summed E-state index contributed by atoms with van der Waals surface area (Å²) in [5, 5.41) is 28.4. The molecule has 0 atom stereocenters. The monoisotopic (exact) mass is 315 g/mol. The Hall–Kier alpha value is -3.07. The number of hydrogen-bond acceptors (Lipinski definition) is 6.